The Labute approximate surface area is 113 Å². The van der Waals surface area contributed by atoms with E-state index in [-0.39, 0.29) is 12.4 Å². The van der Waals surface area contributed by atoms with Gasteiger partial charge in [-0.2, -0.15) is 0 Å². The molecule has 0 spiro atoms. The number of aliphatic hydroxyl groups is 2. The van der Waals surface area contributed by atoms with Crippen LogP contribution >= 0.6 is 0 Å². The van der Waals surface area contributed by atoms with Crippen molar-refractivity contribution in [3.63, 3.8) is 0 Å². The smallest absolute Gasteiger partial charge is 0.123 e. The summed E-state index contributed by atoms with van der Waals surface area (Å²) < 4.78 is 18.0. The molecule has 0 saturated heterocycles. The average Bonchev–Trinajstić information content (AvgIpc) is 2.25. The van der Waals surface area contributed by atoms with E-state index in [0.717, 1.165) is 0 Å². The molecule has 0 aliphatic rings. The normalized spacial score (nSPS) is 13.6. The summed E-state index contributed by atoms with van der Waals surface area (Å²) in [5.41, 5.74) is -0.799. The summed E-state index contributed by atoms with van der Waals surface area (Å²) in [6.07, 6.45) is -0.669. The monoisotopic (exact) mass is 271 g/mol. The van der Waals surface area contributed by atoms with Crippen molar-refractivity contribution in [3.05, 3.63) is 30.1 Å². The number of hydrogen-bond acceptors (Lipinski definition) is 4. The minimum Gasteiger partial charge on any atom is -0.491 e. The molecule has 5 heteroatoms. The van der Waals surface area contributed by atoms with Crippen LogP contribution in [0.15, 0.2) is 24.3 Å². The molecule has 0 saturated carbocycles. The van der Waals surface area contributed by atoms with Crippen LogP contribution in [-0.2, 0) is 0 Å². The van der Waals surface area contributed by atoms with Gasteiger partial charge in [-0.1, -0.05) is 0 Å². The highest BCUT2D eigenvalue weighted by atomic mass is 19.1. The lowest BCUT2D eigenvalue weighted by Crippen LogP contribution is -2.41. The lowest BCUT2D eigenvalue weighted by atomic mass is 10.1. The van der Waals surface area contributed by atoms with E-state index in [2.05, 4.69) is 0 Å². The SMILES string of the molecule is CN(CC(O)COc1ccc(F)cc1)CC(C)(C)O. The van der Waals surface area contributed by atoms with Gasteiger partial charge in [0.15, 0.2) is 0 Å². The molecule has 1 aromatic carbocycles. The maximum absolute atomic E-state index is 12.7. The van der Waals surface area contributed by atoms with Crippen LogP contribution in [-0.4, -0.2) is 53.6 Å². The summed E-state index contributed by atoms with van der Waals surface area (Å²) in [5, 5.41) is 19.5. The third-order valence-corrected chi connectivity index (χ3v) is 2.44. The molecule has 1 atom stereocenters. The van der Waals surface area contributed by atoms with Crippen LogP contribution in [0, 0.1) is 5.82 Å². The molecule has 0 aliphatic carbocycles. The van der Waals surface area contributed by atoms with Gasteiger partial charge in [0.25, 0.3) is 0 Å². The lowest BCUT2D eigenvalue weighted by molar-refractivity contribution is 0.0194. The van der Waals surface area contributed by atoms with Gasteiger partial charge in [-0.3, -0.25) is 0 Å². The minimum absolute atomic E-state index is 0.127. The van der Waals surface area contributed by atoms with Gasteiger partial charge in [0.2, 0.25) is 0 Å². The molecule has 2 N–H and O–H groups in total. The third-order valence-electron chi connectivity index (χ3n) is 2.44. The molecular weight excluding hydrogens is 249 g/mol. The molecule has 0 aliphatic heterocycles. The Morgan fingerprint density at radius 3 is 2.42 bits per heavy atom. The highest BCUT2D eigenvalue weighted by Gasteiger charge is 2.17. The second-order valence-electron chi connectivity index (χ2n) is 5.43. The van der Waals surface area contributed by atoms with Crippen LogP contribution < -0.4 is 4.74 Å². The first-order chi connectivity index (χ1) is 8.76. The number of aliphatic hydroxyl groups excluding tert-OH is 1. The second-order valence-corrected chi connectivity index (χ2v) is 5.43. The Bertz CT molecular complexity index is 375. The van der Waals surface area contributed by atoms with Crippen molar-refractivity contribution < 1.29 is 19.3 Å². The van der Waals surface area contributed by atoms with Gasteiger partial charge in [-0.25, -0.2) is 4.39 Å². The number of ether oxygens (including phenoxy) is 1. The van der Waals surface area contributed by atoms with Crippen molar-refractivity contribution in [1.29, 1.82) is 0 Å². The van der Waals surface area contributed by atoms with Gasteiger partial charge in [-0.15, -0.1) is 0 Å². The summed E-state index contributed by atoms with van der Waals surface area (Å²) in [6, 6.07) is 5.65. The zero-order valence-corrected chi connectivity index (χ0v) is 11.6. The van der Waals surface area contributed by atoms with E-state index in [0.29, 0.717) is 18.8 Å². The van der Waals surface area contributed by atoms with Gasteiger partial charge in [0, 0.05) is 13.1 Å². The first-order valence-electron chi connectivity index (χ1n) is 6.23. The van der Waals surface area contributed by atoms with E-state index < -0.39 is 11.7 Å². The maximum Gasteiger partial charge on any atom is 0.123 e. The number of nitrogens with zero attached hydrogens (tertiary/aromatic N) is 1. The Kier molecular flexibility index (Phi) is 5.72. The van der Waals surface area contributed by atoms with E-state index in [1.165, 1.54) is 24.3 Å². The molecule has 0 amide bonds. The zero-order valence-electron chi connectivity index (χ0n) is 11.6. The number of benzene rings is 1. The first kappa shape index (κ1) is 15.9. The fourth-order valence-electron chi connectivity index (χ4n) is 1.86. The zero-order chi connectivity index (χ0) is 14.5. The summed E-state index contributed by atoms with van der Waals surface area (Å²) in [6.45, 7) is 4.41. The van der Waals surface area contributed by atoms with Crippen molar-refractivity contribution in [2.24, 2.45) is 0 Å². The fraction of sp³-hybridized carbons (Fsp3) is 0.571. The van der Waals surface area contributed by atoms with Gasteiger partial charge >= 0.3 is 0 Å². The quantitative estimate of drug-likeness (QED) is 0.784. The minimum atomic E-state index is -0.799. The predicted octanol–water partition coefficient (Wildman–Crippen LogP) is 1.27. The van der Waals surface area contributed by atoms with Crippen LogP contribution in [0.1, 0.15) is 13.8 Å². The Hall–Kier alpha value is -1.17. The molecule has 1 unspecified atom stereocenters. The molecule has 0 heterocycles. The van der Waals surface area contributed by atoms with E-state index in [1.807, 2.05) is 11.9 Å². The second kappa shape index (κ2) is 6.84. The Morgan fingerprint density at radius 2 is 1.89 bits per heavy atom. The van der Waals surface area contributed by atoms with Crippen LogP contribution in [0.25, 0.3) is 0 Å². The highest BCUT2D eigenvalue weighted by Crippen LogP contribution is 2.11. The first-order valence-corrected chi connectivity index (χ1v) is 6.23. The molecule has 4 nitrogen and oxygen atoms in total. The molecular formula is C14H22FNO3. The van der Waals surface area contributed by atoms with Crippen molar-refractivity contribution in [3.8, 4) is 5.75 Å². The Morgan fingerprint density at radius 1 is 1.32 bits per heavy atom. The van der Waals surface area contributed by atoms with Crippen LogP contribution in [0.3, 0.4) is 0 Å². The van der Waals surface area contributed by atoms with Gasteiger partial charge in [0.05, 0.1) is 5.60 Å². The van der Waals surface area contributed by atoms with Crippen LogP contribution in [0.2, 0.25) is 0 Å². The standard InChI is InChI=1S/C14H22FNO3/c1-14(2,18)10-16(3)8-12(17)9-19-13-6-4-11(15)5-7-13/h4-7,12,17-18H,8-10H2,1-3H3. The van der Waals surface area contributed by atoms with Crippen molar-refractivity contribution in [2.45, 2.75) is 25.6 Å². The molecule has 0 aromatic heterocycles. The predicted molar refractivity (Wildman–Crippen MR) is 71.7 cm³/mol. The molecule has 1 rings (SSSR count). The van der Waals surface area contributed by atoms with Gasteiger partial charge in [-0.05, 0) is 45.2 Å². The number of hydrogen-bond donors (Lipinski definition) is 2. The fourth-order valence-corrected chi connectivity index (χ4v) is 1.86. The van der Waals surface area contributed by atoms with Gasteiger partial charge < -0.3 is 19.8 Å². The third kappa shape index (κ3) is 7.10. The van der Waals surface area contributed by atoms with Crippen molar-refractivity contribution in [2.75, 3.05) is 26.7 Å². The van der Waals surface area contributed by atoms with Crippen LogP contribution in [0.5, 0.6) is 5.75 Å². The van der Waals surface area contributed by atoms with E-state index >= 15 is 0 Å². The average molecular weight is 271 g/mol. The molecule has 0 fully saturated rings. The van der Waals surface area contributed by atoms with E-state index in [1.54, 1.807) is 13.8 Å². The molecule has 0 radical (unpaired) electrons. The number of halogens is 1. The van der Waals surface area contributed by atoms with E-state index in [9.17, 15) is 14.6 Å². The number of likely N-dealkylation sites (N-methyl/N-ethyl adjacent to an activating group) is 1. The largest absolute Gasteiger partial charge is 0.491 e. The molecule has 0 bridgehead atoms. The summed E-state index contributed by atoms with van der Waals surface area (Å²) in [4.78, 5) is 1.83. The summed E-state index contributed by atoms with van der Waals surface area (Å²) in [5.74, 6) is 0.198. The van der Waals surface area contributed by atoms with Crippen molar-refractivity contribution >= 4 is 0 Å². The van der Waals surface area contributed by atoms with Crippen LogP contribution in [0.4, 0.5) is 4.39 Å². The van der Waals surface area contributed by atoms with Crippen molar-refractivity contribution in [1.82, 2.24) is 4.90 Å². The maximum atomic E-state index is 12.7. The highest BCUT2D eigenvalue weighted by molar-refractivity contribution is 5.22. The summed E-state index contributed by atoms with van der Waals surface area (Å²) in [7, 11) is 1.82. The Balaban J connectivity index is 2.31. The number of rotatable bonds is 7. The van der Waals surface area contributed by atoms with Gasteiger partial charge in [0.1, 0.15) is 24.3 Å². The van der Waals surface area contributed by atoms with E-state index in [4.69, 9.17) is 4.74 Å². The lowest BCUT2D eigenvalue weighted by Gasteiger charge is -2.27. The molecule has 19 heavy (non-hydrogen) atoms. The topological polar surface area (TPSA) is 52.9 Å². The molecule has 108 valence electrons. The summed E-state index contributed by atoms with van der Waals surface area (Å²) >= 11 is 0. The molecule has 1 aromatic rings.